The smallest absolute Gasteiger partial charge is 0.324 e. The molecule has 3 rings (SSSR count). The Hall–Kier alpha value is -1.19. The average Bonchev–Trinajstić information content (AvgIpc) is 3.21. The maximum atomic E-state index is 13.0. The Morgan fingerprint density at radius 1 is 1.26 bits per heavy atom. The first-order valence-electron chi connectivity index (χ1n) is 8.07. The summed E-state index contributed by atoms with van der Waals surface area (Å²) in [6, 6.07) is -1.55. The van der Waals surface area contributed by atoms with Crippen molar-refractivity contribution in [2.24, 2.45) is 5.92 Å². The van der Waals surface area contributed by atoms with E-state index in [9.17, 15) is 23.1 Å². The van der Waals surface area contributed by atoms with E-state index in [0.29, 0.717) is 32.1 Å². The third kappa shape index (κ3) is 2.64. The van der Waals surface area contributed by atoms with Gasteiger partial charge in [0.1, 0.15) is 6.04 Å². The SMILES string of the molecule is CCOC(=O)C1CCCN1S(=O)(=O)N1C2CCC1C(C(=O)O)C2. The van der Waals surface area contributed by atoms with E-state index in [-0.39, 0.29) is 19.2 Å². The lowest BCUT2D eigenvalue weighted by atomic mass is 9.89. The second-order valence-electron chi connectivity index (χ2n) is 6.34. The fourth-order valence-corrected chi connectivity index (χ4v) is 6.45. The lowest BCUT2D eigenvalue weighted by Crippen LogP contribution is -2.51. The van der Waals surface area contributed by atoms with Crippen LogP contribution in [0, 0.1) is 5.92 Å². The van der Waals surface area contributed by atoms with Crippen molar-refractivity contribution in [3.05, 3.63) is 0 Å². The molecule has 4 atom stereocenters. The Balaban J connectivity index is 1.84. The highest BCUT2D eigenvalue weighted by atomic mass is 32.2. The number of nitrogens with zero attached hydrogens (tertiary/aromatic N) is 2. The monoisotopic (exact) mass is 346 g/mol. The quantitative estimate of drug-likeness (QED) is 0.713. The van der Waals surface area contributed by atoms with E-state index in [4.69, 9.17) is 4.74 Å². The zero-order valence-corrected chi connectivity index (χ0v) is 13.9. The average molecular weight is 346 g/mol. The van der Waals surface area contributed by atoms with Crippen LogP contribution >= 0.6 is 0 Å². The first-order chi connectivity index (χ1) is 10.9. The molecule has 0 amide bonds. The number of fused-ring (bicyclic) bond motifs is 2. The summed E-state index contributed by atoms with van der Waals surface area (Å²) < 4.78 is 33.6. The summed E-state index contributed by atoms with van der Waals surface area (Å²) >= 11 is 0. The maximum absolute atomic E-state index is 13.0. The molecule has 0 aromatic heterocycles. The molecule has 0 saturated carbocycles. The number of hydrogen-bond acceptors (Lipinski definition) is 5. The Morgan fingerprint density at radius 3 is 2.61 bits per heavy atom. The zero-order valence-electron chi connectivity index (χ0n) is 13.1. The third-order valence-corrected chi connectivity index (χ3v) is 7.25. The number of hydrogen-bond donors (Lipinski definition) is 1. The van der Waals surface area contributed by atoms with Gasteiger partial charge in [-0.3, -0.25) is 9.59 Å². The minimum atomic E-state index is -3.85. The molecule has 3 saturated heterocycles. The highest BCUT2D eigenvalue weighted by Crippen LogP contribution is 2.45. The molecule has 3 heterocycles. The van der Waals surface area contributed by atoms with Gasteiger partial charge in [0.15, 0.2) is 0 Å². The molecule has 23 heavy (non-hydrogen) atoms. The van der Waals surface area contributed by atoms with Crippen LogP contribution in [-0.2, 0) is 24.5 Å². The van der Waals surface area contributed by atoms with E-state index in [1.165, 1.54) is 8.61 Å². The van der Waals surface area contributed by atoms with Crippen LogP contribution < -0.4 is 0 Å². The van der Waals surface area contributed by atoms with E-state index in [0.717, 1.165) is 0 Å². The molecule has 3 aliphatic rings. The molecular formula is C14H22N2O6S. The number of carbonyl (C=O) groups excluding carboxylic acids is 1. The van der Waals surface area contributed by atoms with Crippen molar-refractivity contribution < 1.29 is 27.9 Å². The molecule has 0 aliphatic carbocycles. The number of rotatable bonds is 5. The summed E-state index contributed by atoms with van der Waals surface area (Å²) in [6.07, 6.45) is 2.67. The van der Waals surface area contributed by atoms with E-state index >= 15 is 0 Å². The fourth-order valence-electron chi connectivity index (χ4n) is 4.18. The van der Waals surface area contributed by atoms with E-state index in [2.05, 4.69) is 0 Å². The van der Waals surface area contributed by atoms with Gasteiger partial charge in [-0.05, 0) is 39.0 Å². The molecule has 0 spiro atoms. The Morgan fingerprint density at radius 2 is 2.00 bits per heavy atom. The van der Waals surface area contributed by atoms with Crippen LogP contribution in [0.25, 0.3) is 0 Å². The normalized spacial score (nSPS) is 34.8. The topological polar surface area (TPSA) is 104 Å². The molecule has 4 unspecified atom stereocenters. The molecule has 0 aromatic rings. The molecule has 1 N–H and O–H groups in total. The lowest BCUT2D eigenvalue weighted by Gasteiger charge is -2.30. The van der Waals surface area contributed by atoms with Crippen LogP contribution in [-0.4, -0.2) is 65.4 Å². The molecule has 130 valence electrons. The van der Waals surface area contributed by atoms with Gasteiger partial charge in [-0.15, -0.1) is 0 Å². The van der Waals surface area contributed by atoms with Gasteiger partial charge < -0.3 is 9.84 Å². The van der Waals surface area contributed by atoms with E-state index in [1.54, 1.807) is 6.92 Å². The molecule has 0 radical (unpaired) electrons. The summed E-state index contributed by atoms with van der Waals surface area (Å²) in [4.78, 5) is 23.4. The minimum absolute atomic E-state index is 0.208. The molecule has 0 aromatic carbocycles. The van der Waals surface area contributed by atoms with Gasteiger partial charge in [0.05, 0.1) is 12.5 Å². The van der Waals surface area contributed by atoms with Gasteiger partial charge in [-0.25, -0.2) is 0 Å². The standard InChI is InChI=1S/C14H22N2O6S/c1-2-22-14(19)12-4-3-7-15(12)23(20,21)16-9-5-6-11(16)10(8-9)13(17)18/h9-12H,2-8H2,1H3,(H,17,18). The Kier molecular flexibility index (Phi) is 4.37. The van der Waals surface area contributed by atoms with Gasteiger partial charge >= 0.3 is 11.9 Å². The molecule has 3 fully saturated rings. The molecular weight excluding hydrogens is 324 g/mol. The predicted octanol–water partition coefficient (Wildman–Crippen LogP) is 0.196. The third-order valence-electron chi connectivity index (χ3n) is 5.12. The summed E-state index contributed by atoms with van der Waals surface area (Å²) in [7, 11) is -3.85. The Bertz CT molecular complexity index is 606. The Labute approximate surface area is 135 Å². The number of ether oxygens (including phenoxy) is 1. The number of carboxylic acid groups (broad SMARTS) is 1. The molecule has 3 aliphatic heterocycles. The zero-order chi connectivity index (χ0) is 16.8. The fraction of sp³-hybridized carbons (Fsp3) is 0.857. The van der Waals surface area contributed by atoms with Crippen LogP contribution in [0.2, 0.25) is 0 Å². The van der Waals surface area contributed by atoms with Crippen LogP contribution in [0.5, 0.6) is 0 Å². The molecule has 2 bridgehead atoms. The second-order valence-corrected chi connectivity index (χ2v) is 8.12. The lowest BCUT2D eigenvalue weighted by molar-refractivity contribution is -0.147. The second kappa shape index (κ2) is 6.03. The number of esters is 1. The summed E-state index contributed by atoms with van der Waals surface area (Å²) in [6.45, 7) is 2.17. The van der Waals surface area contributed by atoms with Crippen molar-refractivity contribution in [3.8, 4) is 0 Å². The van der Waals surface area contributed by atoms with Gasteiger partial charge in [-0.1, -0.05) is 0 Å². The van der Waals surface area contributed by atoms with Crippen molar-refractivity contribution in [3.63, 3.8) is 0 Å². The molecule has 9 heteroatoms. The number of aliphatic carboxylic acids is 1. The van der Waals surface area contributed by atoms with E-state index in [1.807, 2.05) is 0 Å². The molecule has 8 nitrogen and oxygen atoms in total. The van der Waals surface area contributed by atoms with Gasteiger partial charge in [0.25, 0.3) is 10.2 Å². The van der Waals surface area contributed by atoms with Gasteiger partial charge in [-0.2, -0.15) is 17.0 Å². The van der Waals surface area contributed by atoms with Gasteiger partial charge in [0, 0.05) is 18.6 Å². The van der Waals surface area contributed by atoms with E-state index < -0.39 is 40.1 Å². The first-order valence-corrected chi connectivity index (χ1v) is 9.47. The number of carboxylic acids is 1. The summed E-state index contributed by atoms with van der Waals surface area (Å²) in [5, 5.41) is 9.29. The summed E-state index contributed by atoms with van der Waals surface area (Å²) in [5.74, 6) is -2.11. The van der Waals surface area contributed by atoms with Crippen LogP contribution in [0.1, 0.15) is 39.0 Å². The maximum Gasteiger partial charge on any atom is 0.324 e. The van der Waals surface area contributed by atoms with Crippen molar-refractivity contribution in [1.29, 1.82) is 0 Å². The van der Waals surface area contributed by atoms with Crippen molar-refractivity contribution in [2.45, 2.75) is 57.2 Å². The summed E-state index contributed by atoms with van der Waals surface area (Å²) in [5.41, 5.74) is 0. The van der Waals surface area contributed by atoms with Crippen molar-refractivity contribution in [2.75, 3.05) is 13.2 Å². The number of carbonyl (C=O) groups is 2. The largest absolute Gasteiger partial charge is 0.481 e. The van der Waals surface area contributed by atoms with Crippen molar-refractivity contribution >= 4 is 22.1 Å². The van der Waals surface area contributed by atoms with Crippen LogP contribution in [0.15, 0.2) is 0 Å². The highest BCUT2D eigenvalue weighted by Gasteiger charge is 2.57. The predicted molar refractivity (Wildman–Crippen MR) is 79.7 cm³/mol. The van der Waals surface area contributed by atoms with Crippen LogP contribution in [0.4, 0.5) is 0 Å². The highest BCUT2D eigenvalue weighted by molar-refractivity contribution is 7.86. The van der Waals surface area contributed by atoms with Crippen molar-refractivity contribution in [1.82, 2.24) is 8.61 Å². The van der Waals surface area contributed by atoms with Gasteiger partial charge in [0.2, 0.25) is 0 Å². The first kappa shape index (κ1) is 16.7. The minimum Gasteiger partial charge on any atom is -0.481 e. The van der Waals surface area contributed by atoms with Crippen LogP contribution in [0.3, 0.4) is 0 Å².